The van der Waals surface area contributed by atoms with Gasteiger partial charge >= 0.3 is 5.97 Å². The summed E-state index contributed by atoms with van der Waals surface area (Å²) >= 11 is 0. The topological polar surface area (TPSA) is 66.4 Å². The maximum atomic E-state index is 11.7. The third-order valence-corrected chi connectivity index (χ3v) is 3.19. The van der Waals surface area contributed by atoms with E-state index in [2.05, 4.69) is 12.2 Å². The number of nitrogens with one attached hydrogen (secondary N) is 1. The van der Waals surface area contributed by atoms with Crippen LogP contribution in [0.3, 0.4) is 0 Å². The van der Waals surface area contributed by atoms with Crippen molar-refractivity contribution in [2.24, 2.45) is 0 Å². The van der Waals surface area contributed by atoms with Crippen molar-refractivity contribution >= 4 is 11.9 Å². The molecule has 110 valence electrons. The van der Waals surface area contributed by atoms with Gasteiger partial charge in [-0.1, -0.05) is 50.5 Å². The van der Waals surface area contributed by atoms with E-state index in [1.807, 2.05) is 18.2 Å². The van der Waals surface area contributed by atoms with Crippen LogP contribution in [0.1, 0.15) is 50.2 Å². The lowest BCUT2D eigenvalue weighted by molar-refractivity contribution is -0.136. The van der Waals surface area contributed by atoms with Crippen LogP contribution in [0, 0.1) is 0 Å². The predicted octanol–water partition coefficient (Wildman–Crippen LogP) is 2.90. The molecule has 0 saturated heterocycles. The van der Waals surface area contributed by atoms with Crippen molar-refractivity contribution in [2.75, 3.05) is 0 Å². The highest BCUT2D eigenvalue weighted by molar-refractivity contribution is 5.76. The summed E-state index contributed by atoms with van der Waals surface area (Å²) in [5, 5.41) is 11.7. The quantitative estimate of drug-likeness (QED) is 0.682. The zero-order valence-corrected chi connectivity index (χ0v) is 12.0. The Morgan fingerprint density at radius 3 is 2.45 bits per heavy atom. The number of carboxylic acids is 1. The van der Waals surface area contributed by atoms with Crippen molar-refractivity contribution < 1.29 is 14.7 Å². The molecule has 0 fully saturated rings. The van der Waals surface area contributed by atoms with E-state index >= 15 is 0 Å². The third-order valence-electron chi connectivity index (χ3n) is 3.19. The third kappa shape index (κ3) is 6.36. The largest absolute Gasteiger partial charge is 0.481 e. The van der Waals surface area contributed by atoms with Crippen LogP contribution in [0.15, 0.2) is 24.3 Å². The van der Waals surface area contributed by atoms with Crippen LogP contribution >= 0.6 is 0 Å². The second-order valence-electron chi connectivity index (χ2n) is 4.93. The number of aliphatic carboxylic acids is 1. The molecular formula is C16H23NO3. The number of benzene rings is 1. The Balaban J connectivity index is 2.41. The molecule has 0 atom stereocenters. The standard InChI is InChI=1S/C16H23NO3/c1-2-3-4-5-10-15(18)17-12-14-9-7-6-8-13(14)11-16(19)20/h6-9H,2-5,10-12H2,1H3,(H,17,18)(H,19,20). The summed E-state index contributed by atoms with van der Waals surface area (Å²) in [5.74, 6) is -0.824. The average Bonchev–Trinajstić information content (AvgIpc) is 2.42. The van der Waals surface area contributed by atoms with E-state index in [1.165, 1.54) is 0 Å². The van der Waals surface area contributed by atoms with Gasteiger partial charge in [-0.25, -0.2) is 0 Å². The van der Waals surface area contributed by atoms with Gasteiger partial charge in [0.1, 0.15) is 0 Å². The first-order chi connectivity index (χ1) is 9.63. The SMILES string of the molecule is CCCCCCC(=O)NCc1ccccc1CC(=O)O. The lowest BCUT2D eigenvalue weighted by atomic mass is 10.0. The Morgan fingerprint density at radius 2 is 1.80 bits per heavy atom. The molecule has 0 aromatic heterocycles. The maximum absolute atomic E-state index is 11.7. The number of unbranched alkanes of at least 4 members (excludes halogenated alkanes) is 3. The van der Waals surface area contributed by atoms with E-state index in [-0.39, 0.29) is 12.3 Å². The molecule has 1 aromatic carbocycles. The highest BCUT2D eigenvalue weighted by Gasteiger charge is 2.07. The van der Waals surface area contributed by atoms with Gasteiger partial charge in [-0.3, -0.25) is 9.59 Å². The molecule has 20 heavy (non-hydrogen) atoms. The van der Waals surface area contributed by atoms with Crippen molar-refractivity contribution in [2.45, 2.75) is 52.0 Å². The first kappa shape index (κ1) is 16.2. The molecule has 0 heterocycles. The number of rotatable bonds is 9. The first-order valence-corrected chi connectivity index (χ1v) is 7.18. The Labute approximate surface area is 120 Å². The van der Waals surface area contributed by atoms with E-state index in [9.17, 15) is 9.59 Å². The normalized spacial score (nSPS) is 10.2. The Kier molecular flexibility index (Phi) is 7.40. The number of carbonyl (C=O) groups is 2. The van der Waals surface area contributed by atoms with Gasteiger partial charge in [-0.05, 0) is 17.5 Å². The van der Waals surface area contributed by atoms with Crippen molar-refractivity contribution in [3.05, 3.63) is 35.4 Å². The number of carboxylic acid groups (broad SMARTS) is 1. The van der Waals surface area contributed by atoms with E-state index in [0.717, 1.165) is 36.8 Å². The van der Waals surface area contributed by atoms with Crippen LogP contribution in [-0.4, -0.2) is 17.0 Å². The van der Waals surface area contributed by atoms with Gasteiger partial charge in [0.2, 0.25) is 5.91 Å². The fourth-order valence-electron chi connectivity index (χ4n) is 2.06. The molecule has 4 heteroatoms. The minimum Gasteiger partial charge on any atom is -0.481 e. The second-order valence-corrected chi connectivity index (χ2v) is 4.93. The maximum Gasteiger partial charge on any atom is 0.307 e. The van der Waals surface area contributed by atoms with E-state index in [0.29, 0.717) is 13.0 Å². The van der Waals surface area contributed by atoms with Crippen LogP contribution in [0.4, 0.5) is 0 Å². The molecular weight excluding hydrogens is 254 g/mol. The molecule has 0 radical (unpaired) electrons. The summed E-state index contributed by atoms with van der Waals surface area (Å²) in [7, 11) is 0. The van der Waals surface area contributed by atoms with Gasteiger partial charge in [0.15, 0.2) is 0 Å². The fourth-order valence-corrected chi connectivity index (χ4v) is 2.06. The van der Waals surface area contributed by atoms with Gasteiger partial charge in [0, 0.05) is 13.0 Å². The van der Waals surface area contributed by atoms with Crippen LogP contribution in [0.25, 0.3) is 0 Å². The molecule has 0 aliphatic carbocycles. The smallest absolute Gasteiger partial charge is 0.307 e. The first-order valence-electron chi connectivity index (χ1n) is 7.18. The fraction of sp³-hybridized carbons (Fsp3) is 0.500. The monoisotopic (exact) mass is 277 g/mol. The number of hydrogen-bond acceptors (Lipinski definition) is 2. The summed E-state index contributed by atoms with van der Waals surface area (Å²) in [6.07, 6.45) is 4.85. The zero-order chi connectivity index (χ0) is 14.8. The van der Waals surface area contributed by atoms with Crippen molar-refractivity contribution in [3.8, 4) is 0 Å². The molecule has 0 aliphatic rings. The van der Waals surface area contributed by atoms with E-state index in [4.69, 9.17) is 5.11 Å². The number of carbonyl (C=O) groups excluding carboxylic acids is 1. The predicted molar refractivity (Wildman–Crippen MR) is 78.4 cm³/mol. The molecule has 0 bridgehead atoms. The Bertz CT molecular complexity index is 443. The van der Waals surface area contributed by atoms with E-state index in [1.54, 1.807) is 6.07 Å². The molecule has 0 unspecified atom stereocenters. The molecule has 0 spiro atoms. The summed E-state index contributed by atoms with van der Waals surface area (Å²) in [6.45, 7) is 2.54. The zero-order valence-electron chi connectivity index (χ0n) is 12.0. The van der Waals surface area contributed by atoms with Crippen molar-refractivity contribution in [1.29, 1.82) is 0 Å². The molecule has 1 aromatic rings. The molecule has 2 N–H and O–H groups in total. The van der Waals surface area contributed by atoms with Crippen LogP contribution in [-0.2, 0) is 22.6 Å². The highest BCUT2D eigenvalue weighted by atomic mass is 16.4. The van der Waals surface area contributed by atoms with E-state index < -0.39 is 5.97 Å². The summed E-state index contributed by atoms with van der Waals surface area (Å²) < 4.78 is 0. The summed E-state index contributed by atoms with van der Waals surface area (Å²) in [5.41, 5.74) is 1.63. The average molecular weight is 277 g/mol. The minimum atomic E-state index is -0.858. The lowest BCUT2D eigenvalue weighted by Gasteiger charge is -2.09. The number of hydrogen-bond donors (Lipinski definition) is 2. The van der Waals surface area contributed by atoms with Gasteiger partial charge in [0.05, 0.1) is 6.42 Å². The van der Waals surface area contributed by atoms with Crippen LogP contribution in [0.5, 0.6) is 0 Å². The van der Waals surface area contributed by atoms with Crippen molar-refractivity contribution in [3.63, 3.8) is 0 Å². The van der Waals surface area contributed by atoms with Gasteiger partial charge in [-0.2, -0.15) is 0 Å². The number of amides is 1. The molecule has 4 nitrogen and oxygen atoms in total. The van der Waals surface area contributed by atoms with Gasteiger partial charge < -0.3 is 10.4 Å². The lowest BCUT2D eigenvalue weighted by Crippen LogP contribution is -2.23. The van der Waals surface area contributed by atoms with Gasteiger partial charge in [-0.15, -0.1) is 0 Å². The highest BCUT2D eigenvalue weighted by Crippen LogP contribution is 2.10. The molecule has 0 aliphatic heterocycles. The van der Waals surface area contributed by atoms with Crippen molar-refractivity contribution in [1.82, 2.24) is 5.32 Å². The second kappa shape index (κ2) is 9.13. The summed E-state index contributed by atoms with van der Waals surface area (Å²) in [6, 6.07) is 7.31. The van der Waals surface area contributed by atoms with Gasteiger partial charge in [0.25, 0.3) is 0 Å². The van der Waals surface area contributed by atoms with Crippen LogP contribution in [0.2, 0.25) is 0 Å². The minimum absolute atomic E-state index is 0.0114. The van der Waals surface area contributed by atoms with Crippen LogP contribution < -0.4 is 5.32 Å². The Hall–Kier alpha value is -1.84. The molecule has 0 saturated carbocycles. The molecule has 1 amide bonds. The molecule has 1 rings (SSSR count). The Morgan fingerprint density at radius 1 is 1.10 bits per heavy atom. The summed E-state index contributed by atoms with van der Waals surface area (Å²) in [4.78, 5) is 22.5.